The number of aromatic nitrogens is 1. The lowest BCUT2D eigenvalue weighted by Gasteiger charge is -2.06. The molecule has 1 aromatic rings. The molecule has 8 heteroatoms. The fourth-order valence-corrected chi connectivity index (χ4v) is 1.77. The van der Waals surface area contributed by atoms with Crippen molar-refractivity contribution >= 4 is 21.6 Å². The fraction of sp³-hybridized carbons (Fsp3) is 0.250. The Morgan fingerprint density at radius 3 is 2.62 bits per heavy atom. The summed E-state index contributed by atoms with van der Waals surface area (Å²) in [4.78, 5) is 14.3. The van der Waals surface area contributed by atoms with Crippen molar-refractivity contribution in [3.8, 4) is 0 Å². The van der Waals surface area contributed by atoms with E-state index in [1.54, 1.807) is 0 Å². The summed E-state index contributed by atoms with van der Waals surface area (Å²) in [5, 5.41) is 8.50. The number of sulfonamides is 1. The first-order valence-corrected chi connectivity index (χ1v) is 5.97. The van der Waals surface area contributed by atoms with Crippen molar-refractivity contribution in [3.05, 3.63) is 24.0 Å². The van der Waals surface area contributed by atoms with Crippen molar-refractivity contribution in [2.45, 2.75) is 0 Å². The van der Waals surface area contributed by atoms with E-state index in [-0.39, 0.29) is 11.4 Å². The lowest BCUT2D eigenvalue weighted by Crippen LogP contribution is -2.19. The largest absolute Gasteiger partial charge is 0.395 e. The van der Waals surface area contributed by atoms with Gasteiger partial charge in [0, 0.05) is 0 Å². The maximum absolute atomic E-state index is 11.2. The second-order valence-electron chi connectivity index (χ2n) is 2.94. The molecule has 0 aliphatic heterocycles. The van der Waals surface area contributed by atoms with Crippen LogP contribution in [0.1, 0.15) is 10.5 Å². The standard InChI is InChI=1S/C8H11N3O4S/c9-8(13)7-2-1-6(5-10-7)11-16(14,15)4-3-12/h1-2,5,11-12H,3-4H2,(H2,9,13). The predicted molar refractivity (Wildman–Crippen MR) is 57.3 cm³/mol. The van der Waals surface area contributed by atoms with Crippen LogP contribution in [0.15, 0.2) is 18.3 Å². The van der Waals surface area contributed by atoms with Crippen molar-refractivity contribution in [2.24, 2.45) is 5.73 Å². The van der Waals surface area contributed by atoms with E-state index in [1.165, 1.54) is 18.3 Å². The molecule has 0 saturated carbocycles. The highest BCUT2D eigenvalue weighted by atomic mass is 32.2. The average Bonchev–Trinajstić information content (AvgIpc) is 2.17. The Hall–Kier alpha value is -1.67. The first-order chi connectivity index (χ1) is 7.44. The van der Waals surface area contributed by atoms with Crippen molar-refractivity contribution in [1.29, 1.82) is 0 Å². The highest BCUT2D eigenvalue weighted by molar-refractivity contribution is 7.92. The van der Waals surface area contributed by atoms with Crippen LogP contribution >= 0.6 is 0 Å². The SMILES string of the molecule is NC(=O)c1ccc(NS(=O)(=O)CCO)cn1. The van der Waals surface area contributed by atoms with Gasteiger partial charge in [-0.05, 0) is 12.1 Å². The van der Waals surface area contributed by atoms with Gasteiger partial charge < -0.3 is 10.8 Å². The number of carbonyl (C=O) groups is 1. The average molecular weight is 245 g/mol. The Morgan fingerprint density at radius 2 is 2.19 bits per heavy atom. The Balaban J connectivity index is 2.80. The van der Waals surface area contributed by atoms with E-state index >= 15 is 0 Å². The number of pyridine rings is 1. The molecule has 0 fully saturated rings. The van der Waals surface area contributed by atoms with Crippen LogP contribution in [-0.2, 0) is 10.0 Å². The molecule has 16 heavy (non-hydrogen) atoms. The third kappa shape index (κ3) is 3.48. The summed E-state index contributed by atoms with van der Waals surface area (Å²) >= 11 is 0. The summed E-state index contributed by atoms with van der Waals surface area (Å²) in [6.07, 6.45) is 1.18. The normalized spacial score (nSPS) is 11.1. The number of hydrogen-bond acceptors (Lipinski definition) is 5. The molecule has 0 aliphatic carbocycles. The van der Waals surface area contributed by atoms with Crippen LogP contribution in [0.5, 0.6) is 0 Å². The summed E-state index contributed by atoms with van der Waals surface area (Å²) in [5.74, 6) is -1.09. The summed E-state index contributed by atoms with van der Waals surface area (Å²) in [6.45, 7) is -0.470. The van der Waals surface area contributed by atoms with E-state index in [2.05, 4.69) is 9.71 Å². The Morgan fingerprint density at radius 1 is 1.50 bits per heavy atom. The Bertz CT molecular complexity index is 469. The van der Waals surface area contributed by atoms with Crippen LogP contribution < -0.4 is 10.5 Å². The minimum Gasteiger partial charge on any atom is -0.395 e. The maximum Gasteiger partial charge on any atom is 0.267 e. The number of primary amides is 1. The molecule has 7 nitrogen and oxygen atoms in total. The number of hydrogen-bond donors (Lipinski definition) is 3. The smallest absolute Gasteiger partial charge is 0.267 e. The molecule has 0 bridgehead atoms. The van der Waals surface area contributed by atoms with Crippen LogP contribution in [0.25, 0.3) is 0 Å². The van der Waals surface area contributed by atoms with Crippen LogP contribution in [0, 0.1) is 0 Å². The van der Waals surface area contributed by atoms with E-state index < -0.39 is 28.3 Å². The molecule has 1 heterocycles. The van der Waals surface area contributed by atoms with E-state index in [0.717, 1.165) is 0 Å². The van der Waals surface area contributed by atoms with Gasteiger partial charge in [-0.3, -0.25) is 9.52 Å². The number of nitrogens with zero attached hydrogens (tertiary/aromatic N) is 1. The Labute approximate surface area is 92.4 Å². The van der Waals surface area contributed by atoms with E-state index in [9.17, 15) is 13.2 Å². The molecule has 0 saturated heterocycles. The molecule has 0 atom stereocenters. The monoisotopic (exact) mass is 245 g/mol. The number of aliphatic hydroxyl groups excluding tert-OH is 1. The van der Waals surface area contributed by atoms with Crippen molar-refractivity contribution in [3.63, 3.8) is 0 Å². The maximum atomic E-state index is 11.2. The fourth-order valence-electron chi connectivity index (χ4n) is 0.951. The van der Waals surface area contributed by atoms with Gasteiger partial charge >= 0.3 is 0 Å². The molecule has 0 radical (unpaired) electrons. The van der Waals surface area contributed by atoms with E-state index in [1.807, 2.05) is 0 Å². The van der Waals surface area contributed by atoms with Crippen LogP contribution in [0.4, 0.5) is 5.69 Å². The minimum atomic E-state index is -3.57. The summed E-state index contributed by atoms with van der Waals surface area (Å²) in [7, 11) is -3.57. The molecule has 0 unspecified atom stereocenters. The zero-order valence-corrected chi connectivity index (χ0v) is 9.07. The van der Waals surface area contributed by atoms with Crippen molar-refractivity contribution in [2.75, 3.05) is 17.1 Å². The second-order valence-corrected chi connectivity index (χ2v) is 4.78. The van der Waals surface area contributed by atoms with Gasteiger partial charge in [-0.2, -0.15) is 0 Å². The molecular formula is C8H11N3O4S. The van der Waals surface area contributed by atoms with Gasteiger partial charge in [0.1, 0.15) is 5.69 Å². The molecule has 1 rings (SSSR count). The highest BCUT2D eigenvalue weighted by Gasteiger charge is 2.10. The molecule has 0 aliphatic rings. The lowest BCUT2D eigenvalue weighted by molar-refractivity contribution is 0.0995. The third-order valence-electron chi connectivity index (χ3n) is 1.65. The van der Waals surface area contributed by atoms with Gasteiger partial charge in [0.2, 0.25) is 10.0 Å². The summed E-state index contributed by atoms with van der Waals surface area (Å²) in [5.41, 5.74) is 5.22. The van der Waals surface area contributed by atoms with Gasteiger partial charge in [-0.1, -0.05) is 0 Å². The number of amides is 1. The van der Waals surface area contributed by atoms with Crippen LogP contribution in [-0.4, -0.2) is 36.8 Å². The zero-order valence-electron chi connectivity index (χ0n) is 8.25. The van der Waals surface area contributed by atoms with Crippen molar-refractivity contribution in [1.82, 2.24) is 4.98 Å². The van der Waals surface area contributed by atoms with E-state index in [4.69, 9.17) is 10.8 Å². The van der Waals surface area contributed by atoms with Crippen LogP contribution in [0.2, 0.25) is 0 Å². The van der Waals surface area contributed by atoms with Gasteiger partial charge in [0.05, 0.1) is 24.2 Å². The number of carbonyl (C=O) groups excluding carboxylic acids is 1. The van der Waals surface area contributed by atoms with Gasteiger partial charge in [0.15, 0.2) is 0 Å². The van der Waals surface area contributed by atoms with E-state index in [0.29, 0.717) is 0 Å². The van der Waals surface area contributed by atoms with Gasteiger partial charge in [-0.15, -0.1) is 0 Å². The molecule has 0 aromatic carbocycles. The second kappa shape index (κ2) is 4.90. The molecule has 0 spiro atoms. The zero-order chi connectivity index (χ0) is 12.2. The predicted octanol–water partition coefficient (Wildman–Crippen LogP) is -1.09. The number of anilines is 1. The Kier molecular flexibility index (Phi) is 3.80. The number of nitrogens with two attached hydrogens (primary N) is 1. The molecule has 88 valence electrons. The minimum absolute atomic E-state index is 0.0464. The number of nitrogens with one attached hydrogen (secondary N) is 1. The molecule has 1 aromatic heterocycles. The lowest BCUT2D eigenvalue weighted by atomic mass is 10.3. The topological polar surface area (TPSA) is 122 Å². The molecule has 4 N–H and O–H groups in total. The quantitative estimate of drug-likeness (QED) is 0.608. The van der Waals surface area contributed by atoms with Gasteiger partial charge in [0.25, 0.3) is 5.91 Å². The summed E-state index contributed by atoms with van der Waals surface area (Å²) < 4.78 is 24.6. The van der Waals surface area contributed by atoms with Gasteiger partial charge in [-0.25, -0.2) is 13.4 Å². The third-order valence-corrected chi connectivity index (χ3v) is 2.92. The number of rotatable bonds is 5. The van der Waals surface area contributed by atoms with Crippen molar-refractivity contribution < 1.29 is 18.3 Å². The highest BCUT2D eigenvalue weighted by Crippen LogP contribution is 2.08. The number of aliphatic hydroxyl groups is 1. The summed E-state index contributed by atoms with van der Waals surface area (Å²) in [6, 6.07) is 2.67. The molecular weight excluding hydrogens is 234 g/mol. The first-order valence-electron chi connectivity index (χ1n) is 4.32. The first kappa shape index (κ1) is 12.4. The molecule has 1 amide bonds. The van der Waals surface area contributed by atoms with Crippen LogP contribution in [0.3, 0.4) is 0 Å².